The molecule has 1 aromatic carbocycles. The van der Waals surface area contributed by atoms with Crippen LogP contribution in [0.2, 0.25) is 0 Å². The van der Waals surface area contributed by atoms with Gasteiger partial charge in [0.05, 0.1) is 17.9 Å². The van der Waals surface area contributed by atoms with Crippen molar-refractivity contribution in [2.75, 3.05) is 31.4 Å². The van der Waals surface area contributed by atoms with Crippen LogP contribution in [0.3, 0.4) is 0 Å². The van der Waals surface area contributed by atoms with Crippen molar-refractivity contribution in [3.05, 3.63) is 59.2 Å². The fourth-order valence-electron chi connectivity index (χ4n) is 2.86. The molecule has 2 heterocycles. The monoisotopic (exact) mass is 453 g/mol. The average molecular weight is 453 g/mol. The Hall–Kier alpha value is -3.67. The number of rotatable bonds is 7. The highest BCUT2D eigenvalue weighted by molar-refractivity contribution is 6.07. The number of hydrogen-bond donors (Lipinski definition) is 2. The van der Waals surface area contributed by atoms with E-state index < -0.39 is 23.5 Å². The van der Waals surface area contributed by atoms with E-state index in [1.165, 1.54) is 32.2 Å². The normalized spacial score (nSPS) is 11.4. The minimum atomic E-state index is -4.55. The van der Waals surface area contributed by atoms with Crippen LogP contribution in [-0.4, -0.2) is 41.0 Å². The number of para-hydroxylation sites is 1. The lowest BCUT2D eigenvalue weighted by Crippen LogP contribution is -2.16. The molecule has 0 saturated carbocycles. The standard InChI is InChI=1S/C20H19F4N5O3/c1-11-16(19(30)27-15-7-6-12(10-26-15)20(22,23)24)18(25)29(28-11)14-5-3-4-13(21)17(14)32-9-8-31-2/h3-7,10H,8-9,25H2,1-2H3,(H,26,27,30). The van der Waals surface area contributed by atoms with E-state index in [9.17, 15) is 22.4 Å². The number of nitrogens with two attached hydrogens (primary N) is 1. The van der Waals surface area contributed by atoms with Gasteiger partial charge >= 0.3 is 6.18 Å². The Balaban J connectivity index is 1.90. The third kappa shape index (κ3) is 4.80. The summed E-state index contributed by atoms with van der Waals surface area (Å²) in [5, 5.41) is 6.58. The third-order valence-corrected chi connectivity index (χ3v) is 4.36. The van der Waals surface area contributed by atoms with E-state index >= 15 is 0 Å². The highest BCUT2D eigenvalue weighted by atomic mass is 19.4. The number of aryl methyl sites for hydroxylation is 1. The summed E-state index contributed by atoms with van der Waals surface area (Å²) < 4.78 is 63.9. The van der Waals surface area contributed by atoms with Gasteiger partial charge in [-0.05, 0) is 31.2 Å². The van der Waals surface area contributed by atoms with E-state index in [2.05, 4.69) is 15.4 Å². The Morgan fingerprint density at radius 2 is 1.97 bits per heavy atom. The van der Waals surface area contributed by atoms with Gasteiger partial charge in [-0.1, -0.05) is 6.07 Å². The van der Waals surface area contributed by atoms with Crippen LogP contribution in [0.4, 0.5) is 29.2 Å². The number of nitrogens with one attached hydrogen (secondary N) is 1. The Kier molecular flexibility index (Phi) is 6.63. The SMILES string of the molecule is COCCOc1c(F)cccc1-n1nc(C)c(C(=O)Nc2ccc(C(F)(F)F)cn2)c1N. The van der Waals surface area contributed by atoms with Gasteiger partial charge < -0.3 is 20.5 Å². The number of benzene rings is 1. The molecule has 0 aliphatic rings. The molecule has 3 aromatic rings. The molecule has 170 valence electrons. The van der Waals surface area contributed by atoms with Crippen molar-refractivity contribution in [1.29, 1.82) is 0 Å². The van der Waals surface area contributed by atoms with Crippen molar-refractivity contribution in [3.8, 4) is 11.4 Å². The first-order valence-corrected chi connectivity index (χ1v) is 9.23. The van der Waals surface area contributed by atoms with Crippen LogP contribution in [0.25, 0.3) is 5.69 Å². The van der Waals surface area contributed by atoms with E-state index in [4.69, 9.17) is 15.2 Å². The largest absolute Gasteiger partial charge is 0.486 e. The molecule has 1 amide bonds. The molecule has 0 aliphatic carbocycles. The zero-order valence-electron chi connectivity index (χ0n) is 17.0. The smallest absolute Gasteiger partial charge is 0.417 e. The number of nitrogen functional groups attached to an aromatic ring is 1. The molecule has 8 nitrogen and oxygen atoms in total. The molecule has 0 unspecified atom stereocenters. The van der Waals surface area contributed by atoms with Gasteiger partial charge in [-0.15, -0.1) is 0 Å². The van der Waals surface area contributed by atoms with Crippen molar-refractivity contribution in [1.82, 2.24) is 14.8 Å². The lowest BCUT2D eigenvalue weighted by molar-refractivity contribution is -0.137. The first kappa shape index (κ1) is 23.0. The highest BCUT2D eigenvalue weighted by Crippen LogP contribution is 2.31. The Labute approximate surface area is 180 Å². The fraction of sp³-hybridized carbons (Fsp3) is 0.250. The van der Waals surface area contributed by atoms with Crippen molar-refractivity contribution >= 4 is 17.5 Å². The molecular weight excluding hydrogens is 434 g/mol. The second-order valence-corrected chi connectivity index (χ2v) is 6.57. The molecule has 2 aromatic heterocycles. The highest BCUT2D eigenvalue weighted by Gasteiger charge is 2.31. The maximum Gasteiger partial charge on any atom is 0.417 e. The number of carbonyl (C=O) groups excluding carboxylic acids is 1. The van der Waals surface area contributed by atoms with Gasteiger partial charge in [0, 0.05) is 13.3 Å². The number of hydrogen-bond acceptors (Lipinski definition) is 6. The summed E-state index contributed by atoms with van der Waals surface area (Å²) in [7, 11) is 1.47. The van der Waals surface area contributed by atoms with Gasteiger partial charge in [0.1, 0.15) is 29.5 Å². The maximum absolute atomic E-state index is 14.3. The van der Waals surface area contributed by atoms with Gasteiger partial charge in [0.2, 0.25) is 0 Å². The van der Waals surface area contributed by atoms with Crippen LogP contribution in [0.5, 0.6) is 5.75 Å². The number of carbonyl (C=O) groups is 1. The van der Waals surface area contributed by atoms with Crippen molar-refractivity contribution < 1.29 is 31.8 Å². The average Bonchev–Trinajstić information content (AvgIpc) is 3.03. The summed E-state index contributed by atoms with van der Waals surface area (Å²) in [5.74, 6) is -1.75. The molecule has 3 rings (SSSR count). The van der Waals surface area contributed by atoms with Crippen LogP contribution in [-0.2, 0) is 10.9 Å². The van der Waals surface area contributed by atoms with Gasteiger partial charge in [0.15, 0.2) is 11.6 Å². The first-order valence-electron chi connectivity index (χ1n) is 9.23. The number of pyridine rings is 1. The van der Waals surface area contributed by atoms with E-state index in [-0.39, 0.29) is 47.5 Å². The second kappa shape index (κ2) is 9.22. The van der Waals surface area contributed by atoms with Crippen molar-refractivity contribution in [2.45, 2.75) is 13.1 Å². The molecule has 0 spiro atoms. The predicted molar refractivity (Wildman–Crippen MR) is 107 cm³/mol. The van der Waals surface area contributed by atoms with Crippen LogP contribution >= 0.6 is 0 Å². The van der Waals surface area contributed by atoms with E-state index in [0.717, 1.165) is 16.8 Å². The zero-order chi connectivity index (χ0) is 23.5. The third-order valence-electron chi connectivity index (χ3n) is 4.36. The summed E-state index contributed by atoms with van der Waals surface area (Å²) >= 11 is 0. The van der Waals surface area contributed by atoms with E-state index in [1.807, 2.05) is 0 Å². The van der Waals surface area contributed by atoms with Crippen LogP contribution in [0, 0.1) is 12.7 Å². The molecule has 0 radical (unpaired) electrons. The minimum Gasteiger partial charge on any atom is -0.486 e. The number of amides is 1. The summed E-state index contributed by atoms with van der Waals surface area (Å²) in [4.78, 5) is 16.3. The molecule has 3 N–H and O–H groups in total. The number of halogens is 4. The molecule has 32 heavy (non-hydrogen) atoms. The van der Waals surface area contributed by atoms with Crippen LogP contribution < -0.4 is 15.8 Å². The van der Waals surface area contributed by atoms with Crippen molar-refractivity contribution in [2.24, 2.45) is 0 Å². The zero-order valence-corrected chi connectivity index (χ0v) is 17.0. The molecule has 0 atom stereocenters. The fourth-order valence-corrected chi connectivity index (χ4v) is 2.86. The van der Waals surface area contributed by atoms with Crippen molar-refractivity contribution in [3.63, 3.8) is 0 Å². The van der Waals surface area contributed by atoms with Crippen LogP contribution in [0.1, 0.15) is 21.6 Å². The number of anilines is 2. The van der Waals surface area contributed by atoms with E-state index in [0.29, 0.717) is 6.20 Å². The maximum atomic E-state index is 14.3. The number of methoxy groups -OCH3 is 1. The molecular formula is C20H19F4N5O3. The summed E-state index contributed by atoms with van der Waals surface area (Å²) in [6.45, 7) is 1.79. The molecule has 12 heteroatoms. The van der Waals surface area contributed by atoms with Gasteiger partial charge in [-0.2, -0.15) is 18.3 Å². The Morgan fingerprint density at radius 1 is 1.22 bits per heavy atom. The second-order valence-electron chi connectivity index (χ2n) is 6.57. The molecule has 0 saturated heterocycles. The number of nitrogens with zero attached hydrogens (tertiary/aromatic N) is 3. The van der Waals surface area contributed by atoms with Crippen LogP contribution in [0.15, 0.2) is 36.5 Å². The molecule has 0 bridgehead atoms. The number of alkyl halides is 3. The number of aromatic nitrogens is 3. The topological polar surface area (TPSA) is 104 Å². The summed E-state index contributed by atoms with van der Waals surface area (Å²) in [6, 6.07) is 5.94. The lowest BCUT2D eigenvalue weighted by atomic mass is 10.2. The summed E-state index contributed by atoms with van der Waals surface area (Å²) in [6.07, 6.45) is -3.95. The minimum absolute atomic E-state index is 0.0428. The predicted octanol–water partition coefficient (Wildman–Crippen LogP) is 3.59. The lowest BCUT2D eigenvalue weighted by Gasteiger charge is -2.13. The number of ether oxygens (including phenoxy) is 2. The Bertz CT molecular complexity index is 1110. The first-order chi connectivity index (χ1) is 15.1. The molecule has 0 aliphatic heterocycles. The van der Waals surface area contributed by atoms with Gasteiger partial charge in [-0.3, -0.25) is 4.79 Å². The van der Waals surface area contributed by atoms with E-state index in [1.54, 1.807) is 0 Å². The molecule has 0 fully saturated rings. The Morgan fingerprint density at radius 3 is 2.59 bits per heavy atom. The quantitative estimate of drug-likeness (QED) is 0.419. The summed E-state index contributed by atoms with van der Waals surface area (Å²) in [5.41, 5.74) is 5.49. The van der Waals surface area contributed by atoms with Gasteiger partial charge in [0.25, 0.3) is 5.91 Å². The van der Waals surface area contributed by atoms with Gasteiger partial charge in [-0.25, -0.2) is 14.1 Å².